The quantitative estimate of drug-likeness (QED) is 0.520. The smallest absolute Gasteiger partial charge is 0.338 e. The van der Waals surface area contributed by atoms with E-state index < -0.39 is 24.0 Å². The van der Waals surface area contributed by atoms with Gasteiger partial charge < -0.3 is 20.1 Å². The zero-order valence-corrected chi connectivity index (χ0v) is 17.4. The largest absolute Gasteiger partial charge is 0.495 e. The van der Waals surface area contributed by atoms with Gasteiger partial charge in [0, 0.05) is 0 Å². The van der Waals surface area contributed by atoms with Crippen molar-refractivity contribution in [2.75, 3.05) is 19.0 Å². The van der Waals surface area contributed by atoms with Gasteiger partial charge in [0.15, 0.2) is 6.10 Å². The third kappa shape index (κ3) is 5.19. The minimum atomic E-state index is -1.04. The van der Waals surface area contributed by atoms with Crippen LogP contribution in [-0.2, 0) is 20.9 Å². The highest BCUT2D eigenvalue weighted by molar-refractivity contribution is 6.02. The van der Waals surface area contributed by atoms with Gasteiger partial charge in [0.1, 0.15) is 5.75 Å². The number of carbonyl (C=O) groups is 4. The first-order chi connectivity index (χ1) is 14.8. The maximum Gasteiger partial charge on any atom is 0.338 e. The van der Waals surface area contributed by atoms with Crippen LogP contribution in [-0.4, -0.2) is 48.5 Å². The molecule has 2 aromatic carbocycles. The molecule has 1 saturated heterocycles. The van der Waals surface area contributed by atoms with Crippen LogP contribution in [0.5, 0.6) is 5.75 Å². The molecule has 1 aliphatic rings. The van der Waals surface area contributed by atoms with Crippen LogP contribution in [0.1, 0.15) is 28.4 Å². The first-order valence-corrected chi connectivity index (χ1v) is 9.62. The van der Waals surface area contributed by atoms with Gasteiger partial charge in [-0.1, -0.05) is 18.2 Å². The molecule has 2 N–H and O–H groups in total. The lowest BCUT2D eigenvalue weighted by atomic mass is 10.1. The van der Waals surface area contributed by atoms with Crippen LogP contribution < -0.4 is 15.4 Å². The summed E-state index contributed by atoms with van der Waals surface area (Å²) in [6.45, 7) is 3.45. The molecular formula is C22H23N3O6. The molecule has 1 fully saturated rings. The molecular weight excluding hydrogens is 402 g/mol. The fourth-order valence-electron chi connectivity index (χ4n) is 2.98. The molecule has 1 atom stereocenters. The van der Waals surface area contributed by atoms with E-state index in [9.17, 15) is 19.2 Å². The van der Waals surface area contributed by atoms with Crippen molar-refractivity contribution in [3.63, 3.8) is 0 Å². The van der Waals surface area contributed by atoms with E-state index in [2.05, 4.69) is 10.6 Å². The number of esters is 1. The lowest BCUT2D eigenvalue weighted by molar-refractivity contribution is -0.125. The number of ether oxygens (including phenoxy) is 2. The Morgan fingerprint density at radius 2 is 1.87 bits per heavy atom. The Labute approximate surface area is 179 Å². The van der Waals surface area contributed by atoms with E-state index in [0.29, 0.717) is 17.0 Å². The van der Waals surface area contributed by atoms with Crippen LogP contribution in [0.15, 0.2) is 42.5 Å². The second kappa shape index (κ2) is 9.29. The maximum atomic E-state index is 12.4. The zero-order chi connectivity index (χ0) is 22.5. The summed E-state index contributed by atoms with van der Waals surface area (Å²) < 4.78 is 10.5. The summed E-state index contributed by atoms with van der Waals surface area (Å²) in [6, 6.07) is 11.2. The Morgan fingerprint density at radius 1 is 1.16 bits per heavy atom. The lowest BCUT2D eigenvalue weighted by Crippen LogP contribution is -2.30. The van der Waals surface area contributed by atoms with Crippen molar-refractivity contribution in [2.24, 2.45) is 0 Å². The Morgan fingerprint density at radius 3 is 2.48 bits per heavy atom. The molecule has 1 heterocycles. The van der Waals surface area contributed by atoms with Crippen molar-refractivity contribution >= 4 is 29.5 Å². The van der Waals surface area contributed by atoms with Crippen molar-refractivity contribution in [1.29, 1.82) is 0 Å². The molecule has 9 heteroatoms. The molecule has 31 heavy (non-hydrogen) atoms. The number of aryl methyl sites for hydroxylation is 1. The molecule has 0 aromatic heterocycles. The van der Waals surface area contributed by atoms with Gasteiger partial charge in [0.05, 0.1) is 31.5 Å². The number of imide groups is 1. The highest BCUT2D eigenvalue weighted by Crippen LogP contribution is 2.25. The number of hydrogen-bond donors (Lipinski definition) is 2. The number of benzene rings is 2. The van der Waals surface area contributed by atoms with Crippen LogP contribution >= 0.6 is 0 Å². The molecule has 0 aliphatic carbocycles. The summed E-state index contributed by atoms with van der Waals surface area (Å²) in [4.78, 5) is 49.2. The Hall–Kier alpha value is -3.88. The Balaban J connectivity index is 1.59. The normalized spacial score (nSPS) is 14.1. The third-order valence-electron chi connectivity index (χ3n) is 4.73. The van der Waals surface area contributed by atoms with E-state index in [1.54, 1.807) is 24.3 Å². The molecule has 1 unspecified atom stereocenters. The number of nitrogens with one attached hydrogen (secondary N) is 2. The maximum absolute atomic E-state index is 12.4. The summed E-state index contributed by atoms with van der Waals surface area (Å²) in [5.41, 5.74) is 2.35. The van der Waals surface area contributed by atoms with E-state index >= 15 is 0 Å². The number of carbonyl (C=O) groups excluding carboxylic acids is 4. The fourth-order valence-corrected chi connectivity index (χ4v) is 2.98. The second-order valence-electron chi connectivity index (χ2n) is 7.08. The van der Waals surface area contributed by atoms with Gasteiger partial charge in [-0.15, -0.1) is 0 Å². The van der Waals surface area contributed by atoms with Crippen molar-refractivity contribution in [3.05, 3.63) is 59.2 Å². The number of methoxy groups -OCH3 is 1. The molecule has 2 aromatic rings. The standard InChI is InChI=1S/C22H23N3O6/c1-13-4-9-18(30-3)17(10-13)24-20(27)14(2)31-21(28)16-7-5-15(6-8-16)12-25-19(26)11-23-22(25)29/h4-10,14H,11-12H2,1-3H3,(H,23,29)(H,24,27). The molecule has 4 amide bonds. The summed E-state index contributed by atoms with van der Waals surface area (Å²) in [6.07, 6.45) is -1.04. The van der Waals surface area contributed by atoms with E-state index in [1.807, 2.05) is 13.0 Å². The number of urea groups is 1. The van der Waals surface area contributed by atoms with Crippen molar-refractivity contribution in [1.82, 2.24) is 10.2 Å². The Kier molecular flexibility index (Phi) is 6.54. The number of anilines is 1. The summed E-state index contributed by atoms with van der Waals surface area (Å²) in [5.74, 6) is -0.968. The van der Waals surface area contributed by atoms with E-state index in [1.165, 1.54) is 26.2 Å². The first-order valence-electron chi connectivity index (χ1n) is 9.62. The molecule has 0 spiro atoms. The monoisotopic (exact) mass is 425 g/mol. The average molecular weight is 425 g/mol. The first kappa shape index (κ1) is 21.8. The number of nitrogens with zero attached hydrogens (tertiary/aromatic N) is 1. The summed E-state index contributed by atoms with van der Waals surface area (Å²) in [5, 5.41) is 5.15. The zero-order valence-electron chi connectivity index (χ0n) is 17.4. The predicted octanol–water partition coefficient (Wildman–Crippen LogP) is 2.24. The van der Waals surface area contributed by atoms with Crippen LogP contribution in [0.25, 0.3) is 0 Å². The minimum absolute atomic E-state index is 0.0163. The van der Waals surface area contributed by atoms with Crippen molar-refractivity contribution < 1.29 is 28.7 Å². The molecule has 1 aliphatic heterocycles. The van der Waals surface area contributed by atoms with Crippen LogP contribution in [0.3, 0.4) is 0 Å². The van der Waals surface area contributed by atoms with Gasteiger partial charge in [-0.25, -0.2) is 9.59 Å². The van der Waals surface area contributed by atoms with Crippen LogP contribution in [0.2, 0.25) is 0 Å². The van der Waals surface area contributed by atoms with Crippen LogP contribution in [0, 0.1) is 6.92 Å². The molecule has 0 bridgehead atoms. The Bertz CT molecular complexity index is 1000. The van der Waals surface area contributed by atoms with Gasteiger partial charge in [-0.3, -0.25) is 14.5 Å². The summed E-state index contributed by atoms with van der Waals surface area (Å²) in [7, 11) is 1.50. The van der Waals surface area contributed by atoms with E-state index in [0.717, 1.165) is 10.5 Å². The average Bonchev–Trinajstić information content (AvgIpc) is 3.06. The highest BCUT2D eigenvalue weighted by Gasteiger charge is 2.28. The van der Waals surface area contributed by atoms with E-state index in [4.69, 9.17) is 9.47 Å². The number of amides is 4. The SMILES string of the molecule is COc1ccc(C)cc1NC(=O)C(C)OC(=O)c1ccc(CN2C(=O)CNC2=O)cc1. The lowest BCUT2D eigenvalue weighted by Gasteiger charge is -2.16. The minimum Gasteiger partial charge on any atom is -0.495 e. The van der Waals surface area contributed by atoms with Gasteiger partial charge in [-0.05, 0) is 49.2 Å². The predicted molar refractivity (Wildman–Crippen MR) is 112 cm³/mol. The molecule has 9 nitrogen and oxygen atoms in total. The second-order valence-corrected chi connectivity index (χ2v) is 7.08. The van der Waals surface area contributed by atoms with Gasteiger partial charge in [-0.2, -0.15) is 0 Å². The summed E-state index contributed by atoms with van der Waals surface area (Å²) >= 11 is 0. The molecule has 3 rings (SSSR count). The molecule has 0 radical (unpaired) electrons. The highest BCUT2D eigenvalue weighted by atomic mass is 16.5. The van der Waals surface area contributed by atoms with Gasteiger partial charge >= 0.3 is 12.0 Å². The molecule has 0 saturated carbocycles. The van der Waals surface area contributed by atoms with Crippen molar-refractivity contribution in [2.45, 2.75) is 26.5 Å². The van der Waals surface area contributed by atoms with Crippen LogP contribution in [0.4, 0.5) is 10.5 Å². The van der Waals surface area contributed by atoms with E-state index in [-0.39, 0.29) is 24.6 Å². The number of rotatable bonds is 7. The molecule has 162 valence electrons. The topological polar surface area (TPSA) is 114 Å². The number of hydrogen-bond acceptors (Lipinski definition) is 6. The van der Waals surface area contributed by atoms with Crippen molar-refractivity contribution in [3.8, 4) is 5.75 Å². The third-order valence-corrected chi connectivity index (χ3v) is 4.73. The van der Waals surface area contributed by atoms with Gasteiger partial charge in [0.25, 0.3) is 5.91 Å². The van der Waals surface area contributed by atoms with Gasteiger partial charge in [0.2, 0.25) is 5.91 Å². The fraction of sp³-hybridized carbons (Fsp3) is 0.273.